The second kappa shape index (κ2) is 8.16. The highest BCUT2D eigenvalue weighted by atomic mass is 14.1. The van der Waals surface area contributed by atoms with Gasteiger partial charge in [0.15, 0.2) is 0 Å². The van der Waals surface area contributed by atoms with Crippen molar-refractivity contribution in [1.29, 1.82) is 0 Å². The van der Waals surface area contributed by atoms with Crippen molar-refractivity contribution in [2.45, 2.75) is 39.5 Å². The van der Waals surface area contributed by atoms with Gasteiger partial charge in [-0.2, -0.15) is 0 Å². The molecule has 0 fully saturated rings. The molecule has 3 aromatic carbocycles. The number of hydrogen-bond donors (Lipinski definition) is 0. The summed E-state index contributed by atoms with van der Waals surface area (Å²) >= 11 is 0. The van der Waals surface area contributed by atoms with Crippen LogP contribution in [0, 0.1) is 5.92 Å². The van der Waals surface area contributed by atoms with Gasteiger partial charge in [0.05, 0.1) is 0 Å². The van der Waals surface area contributed by atoms with E-state index < -0.39 is 0 Å². The molecule has 0 radical (unpaired) electrons. The lowest BCUT2D eigenvalue weighted by atomic mass is 9.91. The third-order valence-electron chi connectivity index (χ3n) is 4.80. The topological polar surface area (TPSA) is 0 Å². The first-order valence-electron chi connectivity index (χ1n) is 9.35. The van der Waals surface area contributed by atoms with Crippen molar-refractivity contribution >= 4 is 0 Å². The SMILES string of the molecule is CC(C)Cc1ccc(C(C)Cc2ccc(-c3ccccc3)cc2)cc1. The summed E-state index contributed by atoms with van der Waals surface area (Å²) in [7, 11) is 0. The molecule has 1 unspecified atom stereocenters. The Bertz CT molecular complexity index is 765. The Morgan fingerprint density at radius 3 is 1.68 bits per heavy atom. The zero-order valence-electron chi connectivity index (χ0n) is 15.6. The zero-order valence-corrected chi connectivity index (χ0v) is 15.6. The molecule has 3 aromatic rings. The molecule has 1 atom stereocenters. The number of benzene rings is 3. The summed E-state index contributed by atoms with van der Waals surface area (Å²) in [5.41, 5.74) is 6.84. The summed E-state index contributed by atoms with van der Waals surface area (Å²) in [5.74, 6) is 1.25. The van der Waals surface area contributed by atoms with Gasteiger partial charge in [0, 0.05) is 0 Å². The van der Waals surface area contributed by atoms with Gasteiger partial charge in [-0.15, -0.1) is 0 Å². The van der Waals surface area contributed by atoms with Crippen molar-refractivity contribution < 1.29 is 0 Å². The van der Waals surface area contributed by atoms with Crippen molar-refractivity contribution in [1.82, 2.24) is 0 Å². The fourth-order valence-electron chi connectivity index (χ4n) is 3.39. The Labute approximate surface area is 152 Å². The van der Waals surface area contributed by atoms with Gasteiger partial charge in [-0.05, 0) is 52.5 Å². The third kappa shape index (κ3) is 4.82. The first-order valence-corrected chi connectivity index (χ1v) is 9.35. The van der Waals surface area contributed by atoms with E-state index in [0.29, 0.717) is 11.8 Å². The molecule has 128 valence electrons. The molecule has 0 aliphatic heterocycles. The minimum absolute atomic E-state index is 0.538. The highest BCUT2D eigenvalue weighted by molar-refractivity contribution is 5.63. The summed E-state index contributed by atoms with van der Waals surface area (Å²) in [6.45, 7) is 6.87. The molecule has 0 heterocycles. The van der Waals surface area contributed by atoms with E-state index in [2.05, 4.69) is 99.6 Å². The van der Waals surface area contributed by atoms with Crippen LogP contribution >= 0.6 is 0 Å². The fourth-order valence-corrected chi connectivity index (χ4v) is 3.39. The minimum atomic E-state index is 0.538. The molecule has 0 saturated carbocycles. The second-order valence-corrected chi connectivity index (χ2v) is 7.51. The first-order chi connectivity index (χ1) is 12.1. The lowest BCUT2D eigenvalue weighted by Crippen LogP contribution is -2.00. The van der Waals surface area contributed by atoms with Gasteiger partial charge in [-0.25, -0.2) is 0 Å². The largest absolute Gasteiger partial charge is 0.0625 e. The van der Waals surface area contributed by atoms with Crippen molar-refractivity contribution in [2.24, 2.45) is 5.92 Å². The molecular formula is C25H28. The normalized spacial score (nSPS) is 12.3. The molecule has 3 rings (SSSR count). The van der Waals surface area contributed by atoms with Crippen LogP contribution in [0.4, 0.5) is 0 Å². The van der Waals surface area contributed by atoms with E-state index in [0.717, 1.165) is 12.8 Å². The van der Waals surface area contributed by atoms with E-state index in [1.807, 2.05) is 0 Å². The van der Waals surface area contributed by atoms with Crippen LogP contribution < -0.4 is 0 Å². The minimum Gasteiger partial charge on any atom is -0.0625 e. The molecule has 0 aliphatic rings. The van der Waals surface area contributed by atoms with Gasteiger partial charge in [0.25, 0.3) is 0 Å². The maximum absolute atomic E-state index is 2.32. The van der Waals surface area contributed by atoms with Crippen LogP contribution in [0.2, 0.25) is 0 Å². The Balaban J connectivity index is 1.65. The first kappa shape index (κ1) is 17.5. The van der Waals surface area contributed by atoms with Gasteiger partial charge in [0.2, 0.25) is 0 Å². The average molecular weight is 328 g/mol. The van der Waals surface area contributed by atoms with Gasteiger partial charge in [-0.3, -0.25) is 0 Å². The average Bonchev–Trinajstić information content (AvgIpc) is 2.63. The molecule has 0 aromatic heterocycles. The van der Waals surface area contributed by atoms with Crippen LogP contribution in [0.1, 0.15) is 43.4 Å². The van der Waals surface area contributed by atoms with Gasteiger partial charge >= 0.3 is 0 Å². The highest BCUT2D eigenvalue weighted by Crippen LogP contribution is 2.24. The van der Waals surface area contributed by atoms with Crippen LogP contribution in [0.15, 0.2) is 78.9 Å². The van der Waals surface area contributed by atoms with Gasteiger partial charge < -0.3 is 0 Å². The van der Waals surface area contributed by atoms with Crippen LogP contribution in [-0.4, -0.2) is 0 Å². The molecule has 0 N–H and O–H groups in total. The van der Waals surface area contributed by atoms with E-state index >= 15 is 0 Å². The molecule has 0 spiro atoms. The lowest BCUT2D eigenvalue weighted by Gasteiger charge is -2.14. The summed E-state index contributed by atoms with van der Waals surface area (Å²) in [5, 5.41) is 0. The van der Waals surface area contributed by atoms with Crippen molar-refractivity contribution in [2.75, 3.05) is 0 Å². The molecule has 0 nitrogen and oxygen atoms in total. The van der Waals surface area contributed by atoms with Gasteiger partial charge in [-0.1, -0.05) is 99.6 Å². The Morgan fingerprint density at radius 1 is 0.560 bits per heavy atom. The van der Waals surface area contributed by atoms with E-state index in [-0.39, 0.29) is 0 Å². The van der Waals surface area contributed by atoms with E-state index in [4.69, 9.17) is 0 Å². The summed E-state index contributed by atoms with van der Waals surface area (Å²) in [4.78, 5) is 0. The summed E-state index contributed by atoms with van der Waals surface area (Å²) < 4.78 is 0. The molecule has 25 heavy (non-hydrogen) atoms. The maximum Gasteiger partial charge on any atom is -0.0150 e. The molecule has 0 amide bonds. The second-order valence-electron chi connectivity index (χ2n) is 7.51. The number of hydrogen-bond acceptors (Lipinski definition) is 0. The van der Waals surface area contributed by atoms with Crippen molar-refractivity contribution in [3.05, 3.63) is 95.6 Å². The summed E-state index contributed by atoms with van der Waals surface area (Å²) in [6.07, 6.45) is 2.24. The summed E-state index contributed by atoms with van der Waals surface area (Å²) in [6, 6.07) is 28.8. The number of rotatable bonds is 6. The predicted molar refractivity (Wildman–Crippen MR) is 109 cm³/mol. The quantitative estimate of drug-likeness (QED) is 0.462. The molecule has 0 saturated heterocycles. The standard InChI is InChI=1S/C25H28/c1-19(2)17-21-9-13-23(14-10-21)20(3)18-22-11-15-25(16-12-22)24-7-5-4-6-8-24/h4-16,19-20H,17-18H2,1-3H3. The van der Waals surface area contributed by atoms with Crippen molar-refractivity contribution in [3.8, 4) is 11.1 Å². The fraction of sp³-hybridized carbons (Fsp3) is 0.280. The Hall–Kier alpha value is -2.34. The van der Waals surface area contributed by atoms with E-state index in [9.17, 15) is 0 Å². The van der Waals surface area contributed by atoms with E-state index in [1.165, 1.54) is 27.8 Å². The van der Waals surface area contributed by atoms with Crippen LogP contribution in [0.25, 0.3) is 11.1 Å². The lowest BCUT2D eigenvalue weighted by molar-refractivity contribution is 0.646. The van der Waals surface area contributed by atoms with Crippen LogP contribution in [0.5, 0.6) is 0 Å². The Kier molecular flexibility index (Phi) is 5.71. The molecule has 0 bridgehead atoms. The van der Waals surface area contributed by atoms with E-state index in [1.54, 1.807) is 0 Å². The molecular weight excluding hydrogens is 300 g/mol. The Morgan fingerprint density at radius 2 is 1.08 bits per heavy atom. The maximum atomic E-state index is 2.32. The molecule has 0 aliphatic carbocycles. The van der Waals surface area contributed by atoms with Crippen LogP contribution in [-0.2, 0) is 12.8 Å². The van der Waals surface area contributed by atoms with Crippen LogP contribution in [0.3, 0.4) is 0 Å². The third-order valence-corrected chi connectivity index (χ3v) is 4.80. The molecule has 0 heteroatoms. The predicted octanol–water partition coefficient (Wildman–Crippen LogP) is 6.90. The van der Waals surface area contributed by atoms with Gasteiger partial charge in [0.1, 0.15) is 0 Å². The zero-order chi connectivity index (χ0) is 17.6. The smallest absolute Gasteiger partial charge is 0.0150 e. The highest BCUT2D eigenvalue weighted by Gasteiger charge is 2.08. The van der Waals surface area contributed by atoms with Crippen molar-refractivity contribution in [3.63, 3.8) is 0 Å². The monoisotopic (exact) mass is 328 g/mol.